The summed E-state index contributed by atoms with van der Waals surface area (Å²) in [6, 6.07) is 7.16. The van der Waals surface area contributed by atoms with Gasteiger partial charge in [-0.1, -0.05) is 23.7 Å². The van der Waals surface area contributed by atoms with E-state index in [0.29, 0.717) is 23.9 Å². The molecule has 198 valence electrons. The number of thiophene rings is 1. The topological polar surface area (TPSA) is 135 Å². The van der Waals surface area contributed by atoms with Crippen molar-refractivity contribution in [2.24, 2.45) is 10.7 Å². The molecule has 1 aliphatic heterocycles. The summed E-state index contributed by atoms with van der Waals surface area (Å²) in [6.45, 7) is 6.94. The molecule has 0 aliphatic carbocycles. The highest BCUT2D eigenvalue weighted by molar-refractivity contribution is 7.15. The Bertz CT molecular complexity index is 1330. The molecule has 3 aromatic rings. The van der Waals surface area contributed by atoms with Gasteiger partial charge in [0.15, 0.2) is 5.82 Å². The molecule has 1 aromatic carbocycles. The molecule has 37 heavy (non-hydrogen) atoms. The second-order valence-electron chi connectivity index (χ2n) is 8.05. The zero-order valence-corrected chi connectivity index (χ0v) is 21.6. The first-order valence-corrected chi connectivity index (χ1v) is 12.2. The summed E-state index contributed by atoms with van der Waals surface area (Å²) in [5.74, 6) is -1.43. The first kappa shape index (κ1) is 28.3. The summed E-state index contributed by atoms with van der Waals surface area (Å²) in [7, 11) is 0. The van der Waals surface area contributed by atoms with E-state index in [0.717, 1.165) is 33.2 Å². The van der Waals surface area contributed by atoms with Gasteiger partial charge in [-0.2, -0.15) is 13.2 Å². The number of nitrogens with one attached hydrogen (secondary N) is 1. The molecule has 0 bridgehead atoms. The fourth-order valence-corrected chi connectivity index (χ4v) is 4.93. The first-order chi connectivity index (χ1) is 17.3. The fraction of sp³-hybridized carbons (Fsp3) is 0.348. The lowest BCUT2D eigenvalue weighted by Crippen LogP contribution is -2.30. The third-order valence-corrected chi connectivity index (χ3v) is 6.89. The minimum atomic E-state index is -5.08. The summed E-state index contributed by atoms with van der Waals surface area (Å²) in [6.07, 6.45) is -4.91. The largest absolute Gasteiger partial charge is 0.490 e. The smallest absolute Gasteiger partial charge is 0.475 e. The van der Waals surface area contributed by atoms with Crippen LogP contribution >= 0.6 is 22.9 Å². The summed E-state index contributed by atoms with van der Waals surface area (Å²) >= 11 is 7.80. The van der Waals surface area contributed by atoms with Gasteiger partial charge in [0.1, 0.15) is 16.9 Å². The highest BCUT2D eigenvalue weighted by atomic mass is 35.5. The zero-order chi connectivity index (χ0) is 27.5. The lowest BCUT2D eigenvalue weighted by molar-refractivity contribution is -0.192. The molecule has 1 atom stereocenters. The maximum absolute atomic E-state index is 12.5. The SMILES string of the molecule is Cc1sc2c(c1C)C(c1ccc(Cl)cc1)=N[C@@H](CC(=O)NCCN)c1nnc(C)n1-2.O=C(O)C(F)(F)F. The van der Waals surface area contributed by atoms with Gasteiger partial charge in [0.2, 0.25) is 5.91 Å². The van der Waals surface area contributed by atoms with Crippen LogP contribution in [-0.2, 0) is 9.59 Å². The second kappa shape index (κ2) is 11.4. The lowest BCUT2D eigenvalue weighted by Gasteiger charge is -2.13. The van der Waals surface area contributed by atoms with Crippen LogP contribution in [0.5, 0.6) is 0 Å². The Morgan fingerprint density at radius 2 is 1.81 bits per heavy atom. The van der Waals surface area contributed by atoms with Crippen LogP contribution in [0.2, 0.25) is 5.02 Å². The monoisotopic (exact) mass is 556 g/mol. The van der Waals surface area contributed by atoms with E-state index >= 15 is 0 Å². The van der Waals surface area contributed by atoms with Crippen molar-refractivity contribution in [3.05, 3.63) is 62.5 Å². The predicted molar refractivity (Wildman–Crippen MR) is 134 cm³/mol. The van der Waals surface area contributed by atoms with Crippen LogP contribution in [0.25, 0.3) is 5.00 Å². The highest BCUT2D eigenvalue weighted by Gasteiger charge is 2.38. The average molecular weight is 557 g/mol. The Balaban J connectivity index is 0.000000479. The maximum Gasteiger partial charge on any atom is 0.490 e. The number of nitrogens with two attached hydrogens (primary N) is 1. The molecular formula is C23H24ClF3N6O3S. The number of fused-ring (bicyclic) bond motifs is 3. The van der Waals surface area contributed by atoms with Crippen LogP contribution in [0, 0.1) is 20.8 Å². The van der Waals surface area contributed by atoms with Crippen molar-refractivity contribution in [3.8, 4) is 5.00 Å². The summed E-state index contributed by atoms with van der Waals surface area (Å²) in [5, 5.41) is 20.3. The number of aliphatic carboxylic acids is 1. The van der Waals surface area contributed by atoms with E-state index in [1.54, 1.807) is 11.3 Å². The number of benzene rings is 1. The van der Waals surface area contributed by atoms with Gasteiger partial charge in [-0.25, -0.2) is 4.79 Å². The van der Waals surface area contributed by atoms with Gasteiger partial charge in [0.25, 0.3) is 0 Å². The molecule has 9 nitrogen and oxygen atoms in total. The number of carbonyl (C=O) groups is 2. The van der Waals surface area contributed by atoms with Gasteiger partial charge >= 0.3 is 12.1 Å². The van der Waals surface area contributed by atoms with E-state index < -0.39 is 18.2 Å². The molecule has 0 saturated heterocycles. The third kappa shape index (κ3) is 6.35. The average Bonchev–Trinajstić information content (AvgIpc) is 3.30. The van der Waals surface area contributed by atoms with Crippen molar-refractivity contribution < 1.29 is 27.9 Å². The molecule has 1 aliphatic rings. The number of carbonyl (C=O) groups excluding carboxylic acids is 1. The van der Waals surface area contributed by atoms with Gasteiger partial charge in [-0.15, -0.1) is 21.5 Å². The third-order valence-electron chi connectivity index (χ3n) is 5.44. The van der Waals surface area contributed by atoms with E-state index in [4.69, 9.17) is 32.2 Å². The number of aromatic nitrogens is 3. The number of amides is 1. The lowest BCUT2D eigenvalue weighted by atomic mass is 9.99. The fourth-order valence-electron chi connectivity index (χ4n) is 3.59. The van der Waals surface area contributed by atoms with E-state index in [-0.39, 0.29) is 12.3 Å². The Labute approximate surface area is 219 Å². The number of alkyl halides is 3. The summed E-state index contributed by atoms with van der Waals surface area (Å²) < 4.78 is 33.8. The van der Waals surface area contributed by atoms with Crippen molar-refractivity contribution in [1.82, 2.24) is 20.1 Å². The van der Waals surface area contributed by atoms with E-state index in [9.17, 15) is 18.0 Å². The van der Waals surface area contributed by atoms with Crippen molar-refractivity contribution in [1.29, 1.82) is 0 Å². The second-order valence-corrected chi connectivity index (χ2v) is 9.69. The van der Waals surface area contributed by atoms with Gasteiger partial charge in [-0.05, 0) is 38.5 Å². The molecular weight excluding hydrogens is 533 g/mol. The molecule has 0 spiro atoms. The summed E-state index contributed by atoms with van der Waals surface area (Å²) in [5.41, 5.74) is 9.52. The van der Waals surface area contributed by atoms with Crippen molar-refractivity contribution >= 4 is 40.5 Å². The van der Waals surface area contributed by atoms with E-state index in [1.165, 1.54) is 4.88 Å². The maximum atomic E-state index is 12.5. The van der Waals surface area contributed by atoms with Crippen molar-refractivity contribution in [2.75, 3.05) is 13.1 Å². The number of hydrogen-bond donors (Lipinski definition) is 3. The molecule has 0 unspecified atom stereocenters. The van der Waals surface area contributed by atoms with Crippen LogP contribution in [0.1, 0.15) is 45.7 Å². The van der Waals surface area contributed by atoms with E-state index in [2.05, 4.69) is 29.4 Å². The van der Waals surface area contributed by atoms with Gasteiger partial charge < -0.3 is 16.2 Å². The molecule has 2 aromatic heterocycles. The Morgan fingerprint density at radius 1 is 1.19 bits per heavy atom. The quantitative estimate of drug-likeness (QED) is 0.436. The molecule has 1 amide bonds. The van der Waals surface area contributed by atoms with Gasteiger partial charge in [0, 0.05) is 34.1 Å². The minimum Gasteiger partial charge on any atom is -0.475 e. The number of nitrogens with zero attached hydrogens (tertiary/aromatic N) is 4. The van der Waals surface area contributed by atoms with Gasteiger partial charge in [0.05, 0.1) is 12.1 Å². The van der Waals surface area contributed by atoms with Crippen LogP contribution < -0.4 is 11.1 Å². The van der Waals surface area contributed by atoms with Crippen molar-refractivity contribution in [3.63, 3.8) is 0 Å². The number of carboxylic acid groups (broad SMARTS) is 1. The molecule has 4 N–H and O–H groups in total. The number of carboxylic acids is 1. The van der Waals surface area contributed by atoms with Crippen LogP contribution in [0.4, 0.5) is 13.2 Å². The zero-order valence-electron chi connectivity index (χ0n) is 20.1. The van der Waals surface area contributed by atoms with Crippen LogP contribution in [0.15, 0.2) is 29.3 Å². The molecule has 4 rings (SSSR count). The van der Waals surface area contributed by atoms with E-state index in [1.807, 2.05) is 35.8 Å². The molecule has 3 heterocycles. The number of aryl methyl sites for hydroxylation is 2. The molecule has 0 saturated carbocycles. The molecule has 0 radical (unpaired) electrons. The minimum absolute atomic E-state index is 0.116. The number of hydrogen-bond acceptors (Lipinski definition) is 7. The Morgan fingerprint density at radius 3 is 2.38 bits per heavy atom. The highest BCUT2D eigenvalue weighted by Crippen LogP contribution is 2.39. The number of halogens is 4. The van der Waals surface area contributed by atoms with Crippen LogP contribution in [0.3, 0.4) is 0 Å². The first-order valence-electron chi connectivity index (χ1n) is 11.0. The number of aliphatic imine (C=N–C) groups is 1. The predicted octanol–water partition coefficient (Wildman–Crippen LogP) is 3.90. The standard InChI is InChI=1S/C21H23ClN6OS.C2HF3O2/c1-11-12(2)30-21-18(11)19(14-4-6-15(22)7-5-14)25-16(10-17(29)24-9-8-23)20-27-26-13(3)28(20)21;3-2(4,5)1(6)7/h4-7,16H,8-10,23H2,1-3H3,(H,24,29);(H,6,7)/t16-;/m0./s1. The molecule has 0 fully saturated rings. The molecule has 14 heteroatoms. The number of rotatable bonds is 5. The Hall–Kier alpha value is -3.29. The van der Waals surface area contributed by atoms with Gasteiger partial charge in [-0.3, -0.25) is 14.4 Å². The normalized spacial score (nSPS) is 14.5. The van der Waals surface area contributed by atoms with Crippen LogP contribution in [-0.4, -0.2) is 56.7 Å². The van der Waals surface area contributed by atoms with Crippen molar-refractivity contribution in [2.45, 2.75) is 39.4 Å². The summed E-state index contributed by atoms with van der Waals surface area (Å²) in [4.78, 5) is 27.7. The Kier molecular flexibility index (Phi) is 8.72.